The lowest BCUT2D eigenvalue weighted by molar-refractivity contribution is -0.137. The Hall–Kier alpha value is -3.09. The monoisotopic (exact) mass is 428 g/mol. The van der Waals surface area contributed by atoms with Gasteiger partial charge in [0.1, 0.15) is 5.70 Å². The van der Waals surface area contributed by atoms with Crippen molar-refractivity contribution in [3.63, 3.8) is 0 Å². The first-order chi connectivity index (χ1) is 14.7. The minimum absolute atomic E-state index is 0.0703. The number of halogens is 3. The van der Waals surface area contributed by atoms with E-state index in [1.165, 1.54) is 12.1 Å². The number of likely N-dealkylation sites (tertiary alicyclic amines) is 1. The van der Waals surface area contributed by atoms with Crippen LogP contribution in [0.15, 0.2) is 48.2 Å². The van der Waals surface area contributed by atoms with Gasteiger partial charge in [0.25, 0.3) is 11.8 Å². The maximum atomic E-state index is 13.5. The van der Waals surface area contributed by atoms with Crippen molar-refractivity contribution < 1.29 is 22.8 Å². The number of nitrogens with zero attached hydrogens (tertiary/aromatic N) is 2. The number of hydrogen-bond acceptors (Lipinski definition) is 3. The summed E-state index contributed by atoms with van der Waals surface area (Å²) in [5, 5.41) is 0. The van der Waals surface area contributed by atoms with Crippen LogP contribution in [0.1, 0.15) is 41.5 Å². The summed E-state index contributed by atoms with van der Waals surface area (Å²) in [4.78, 5) is 29.8. The molecule has 2 aromatic rings. The Labute approximate surface area is 179 Å². The third kappa shape index (κ3) is 3.84. The number of aryl methyl sites for hydroxylation is 2. The fourth-order valence-electron chi connectivity index (χ4n) is 4.32. The van der Waals surface area contributed by atoms with Crippen LogP contribution < -0.4 is 4.90 Å². The number of hydrogen-bond donors (Lipinski definition) is 0. The highest BCUT2D eigenvalue weighted by molar-refractivity contribution is 6.45. The molecule has 0 bridgehead atoms. The molecule has 2 aromatic carbocycles. The third-order valence-corrected chi connectivity index (χ3v) is 5.81. The van der Waals surface area contributed by atoms with Gasteiger partial charge in [0.15, 0.2) is 0 Å². The second-order valence-corrected chi connectivity index (χ2v) is 8.08. The van der Waals surface area contributed by atoms with Crippen LogP contribution in [0.3, 0.4) is 0 Å². The Bertz CT molecular complexity index is 1080. The molecular formula is C24H23F3N2O2. The zero-order valence-electron chi connectivity index (χ0n) is 17.4. The summed E-state index contributed by atoms with van der Waals surface area (Å²) >= 11 is 0. The number of alkyl halides is 3. The van der Waals surface area contributed by atoms with Gasteiger partial charge in [0, 0.05) is 13.1 Å². The summed E-state index contributed by atoms with van der Waals surface area (Å²) in [5.74, 6) is -1.15. The SMILES string of the molecule is Cc1ccc(C2=C(N3CCCCC3)C(=O)N(c3cccc(C(F)(F)F)c3)C2=O)c(C)c1. The average Bonchev–Trinajstić information content (AvgIpc) is 2.98. The second kappa shape index (κ2) is 7.87. The minimum atomic E-state index is -4.57. The molecule has 7 heteroatoms. The Morgan fingerprint density at radius 3 is 2.23 bits per heavy atom. The van der Waals surface area contributed by atoms with Crippen LogP contribution in [-0.2, 0) is 15.8 Å². The topological polar surface area (TPSA) is 40.6 Å². The van der Waals surface area contributed by atoms with Crippen molar-refractivity contribution in [3.8, 4) is 0 Å². The average molecular weight is 428 g/mol. The Balaban J connectivity index is 1.85. The smallest absolute Gasteiger partial charge is 0.366 e. The van der Waals surface area contributed by atoms with Gasteiger partial charge < -0.3 is 4.90 Å². The zero-order chi connectivity index (χ0) is 22.3. The molecule has 2 aliphatic heterocycles. The lowest BCUT2D eigenvalue weighted by Crippen LogP contribution is -2.37. The third-order valence-electron chi connectivity index (χ3n) is 5.81. The van der Waals surface area contributed by atoms with Crippen LogP contribution in [-0.4, -0.2) is 29.8 Å². The van der Waals surface area contributed by atoms with E-state index < -0.39 is 23.6 Å². The molecule has 2 heterocycles. The van der Waals surface area contributed by atoms with Crippen LogP contribution >= 0.6 is 0 Å². The van der Waals surface area contributed by atoms with Gasteiger partial charge in [-0.1, -0.05) is 29.8 Å². The summed E-state index contributed by atoms with van der Waals surface area (Å²) in [6.07, 6.45) is -1.73. The molecule has 2 aliphatic rings. The van der Waals surface area contributed by atoms with Crippen molar-refractivity contribution in [2.24, 2.45) is 0 Å². The van der Waals surface area contributed by atoms with Gasteiger partial charge in [-0.15, -0.1) is 0 Å². The molecule has 4 nitrogen and oxygen atoms in total. The van der Waals surface area contributed by atoms with Gasteiger partial charge in [0.05, 0.1) is 16.8 Å². The molecule has 0 radical (unpaired) electrons. The first-order valence-corrected chi connectivity index (χ1v) is 10.3. The van der Waals surface area contributed by atoms with Gasteiger partial charge in [-0.25, -0.2) is 4.90 Å². The molecule has 0 atom stereocenters. The van der Waals surface area contributed by atoms with Gasteiger partial charge in [-0.3, -0.25) is 9.59 Å². The van der Waals surface area contributed by atoms with Crippen molar-refractivity contribution >= 4 is 23.1 Å². The summed E-state index contributed by atoms with van der Waals surface area (Å²) in [6, 6.07) is 9.98. The summed E-state index contributed by atoms with van der Waals surface area (Å²) in [7, 11) is 0. The van der Waals surface area contributed by atoms with Crippen molar-refractivity contribution in [3.05, 3.63) is 70.4 Å². The van der Waals surface area contributed by atoms with E-state index in [1.807, 2.05) is 36.9 Å². The fraction of sp³-hybridized carbons (Fsp3) is 0.333. The largest absolute Gasteiger partial charge is 0.416 e. The predicted molar refractivity (Wildman–Crippen MR) is 112 cm³/mol. The highest BCUT2D eigenvalue weighted by Gasteiger charge is 2.43. The maximum Gasteiger partial charge on any atom is 0.416 e. The number of carbonyl (C=O) groups is 2. The number of amides is 2. The lowest BCUT2D eigenvalue weighted by atomic mass is 9.96. The van der Waals surface area contributed by atoms with Crippen LogP contribution in [0.2, 0.25) is 0 Å². The number of rotatable bonds is 3. The molecule has 0 aromatic heterocycles. The van der Waals surface area contributed by atoms with E-state index in [0.29, 0.717) is 18.7 Å². The summed E-state index contributed by atoms with van der Waals surface area (Å²) in [6.45, 7) is 5.08. The van der Waals surface area contributed by atoms with Crippen LogP contribution in [0.25, 0.3) is 5.57 Å². The molecule has 0 unspecified atom stereocenters. The quantitative estimate of drug-likeness (QED) is 0.640. The Kier molecular flexibility index (Phi) is 5.37. The van der Waals surface area contributed by atoms with Crippen molar-refractivity contribution in [1.29, 1.82) is 0 Å². The van der Waals surface area contributed by atoms with Gasteiger partial charge in [-0.05, 0) is 62.4 Å². The molecule has 0 saturated carbocycles. The molecular weight excluding hydrogens is 405 g/mol. The summed E-state index contributed by atoms with van der Waals surface area (Å²) < 4.78 is 39.7. The number of benzene rings is 2. The fourth-order valence-corrected chi connectivity index (χ4v) is 4.32. The first kappa shape index (κ1) is 21.2. The molecule has 0 N–H and O–H groups in total. The maximum absolute atomic E-state index is 13.5. The molecule has 1 fully saturated rings. The second-order valence-electron chi connectivity index (χ2n) is 8.08. The van der Waals surface area contributed by atoms with E-state index in [4.69, 9.17) is 0 Å². The summed E-state index contributed by atoms with van der Waals surface area (Å²) in [5.41, 5.74) is 2.09. The van der Waals surface area contributed by atoms with Crippen molar-refractivity contribution in [1.82, 2.24) is 4.90 Å². The molecule has 2 amide bonds. The van der Waals surface area contributed by atoms with Gasteiger partial charge in [-0.2, -0.15) is 13.2 Å². The van der Waals surface area contributed by atoms with E-state index in [0.717, 1.165) is 47.4 Å². The van der Waals surface area contributed by atoms with Crippen LogP contribution in [0, 0.1) is 13.8 Å². The minimum Gasteiger partial charge on any atom is -0.366 e. The van der Waals surface area contributed by atoms with Gasteiger partial charge in [0.2, 0.25) is 0 Å². The highest BCUT2D eigenvalue weighted by Crippen LogP contribution is 2.39. The van der Waals surface area contributed by atoms with E-state index in [9.17, 15) is 22.8 Å². The van der Waals surface area contributed by atoms with Crippen LogP contribution in [0.4, 0.5) is 18.9 Å². The standard InChI is InChI=1S/C24H23F3N2O2/c1-15-9-10-19(16(2)13-15)20-21(28-11-4-3-5-12-28)23(31)29(22(20)30)18-8-6-7-17(14-18)24(25,26)27/h6-10,13-14H,3-5,11-12H2,1-2H3. The number of piperidine rings is 1. The van der Waals surface area contributed by atoms with E-state index >= 15 is 0 Å². The number of carbonyl (C=O) groups excluding carboxylic acids is 2. The molecule has 0 spiro atoms. The molecule has 162 valence electrons. The molecule has 1 saturated heterocycles. The van der Waals surface area contributed by atoms with E-state index in [1.54, 1.807) is 0 Å². The van der Waals surface area contributed by atoms with Crippen molar-refractivity contribution in [2.75, 3.05) is 18.0 Å². The lowest BCUT2D eigenvalue weighted by Gasteiger charge is -2.29. The first-order valence-electron chi connectivity index (χ1n) is 10.3. The normalized spacial score (nSPS) is 17.7. The van der Waals surface area contributed by atoms with Crippen molar-refractivity contribution in [2.45, 2.75) is 39.3 Å². The zero-order valence-corrected chi connectivity index (χ0v) is 17.4. The molecule has 0 aliphatic carbocycles. The van der Waals surface area contributed by atoms with Gasteiger partial charge >= 0.3 is 6.18 Å². The number of anilines is 1. The highest BCUT2D eigenvalue weighted by atomic mass is 19.4. The molecule has 4 rings (SSSR count). The van der Waals surface area contributed by atoms with Crippen LogP contribution in [0.5, 0.6) is 0 Å². The Morgan fingerprint density at radius 2 is 1.58 bits per heavy atom. The Morgan fingerprint density at radius 1 is 0.871 bits per heavy atom. The predicted octanol–water partition coefficient (Wildman–Crippen LogP) is 5.09. The number of imide groups is 1. The van der Waals surface area contributed by atoms with E-state index in [2.05, 4.69) is 0 Å². The molecule has 31 heavy (non-hydrogen) atoms. The van der Waals surface area contributed by atoms with E-state index in [-0.39, 0.29) is 17.0 Å².